The van der Waals surface area contributed by atoms with E-state index < -0.39 is 10.8 Å². The maximum Gasteiger partial charge on any atom is 0.191 e. The van der Waals surface area contributed by atoms with Gasteiger partial charge in [0.05, 0.1) is 0 Å². The molecule has 0 radical (unpaired) electrons. The molecule has 0 bridgehead atoms. The van der Waals surface area contributed by atoms with Crippen LogP contribution in [0.5, 0.6) is 0 Å². The molecule has 22 heavy (non-hydrogen) atoms. The molecular formula is C16H34N4OS. The minimum atomic E-state index is -0.675. The number of likely N-dealkylation sites (N-methyl/N-ethyl adjacent to an activating group) is 1. The van der Waals surface area contributed by atoms with Crippen LogP contribution < -0.4 is 10.6 Å². The third-order valence-corrected chi connectivity index (χ3v) is 6.23. The maximum atomic E-state index is 12.0. The zero-order chi connectivity index (χ0) is 16.5. The van der Waals surface area contributed by atoms with Gasteiger partial charge in [-0.3, -0.25) is 9.20 Å². The Kier molecular flexibility index (Phi) is 9.02. The van der Waals surface area contributed by atoms with E-state index in [1.165, 1.54) is 0 Å². The monoisotopic (exact) mass is 330 g/mol. The summed E-state index contributed by atoms with van der Waals surface area (Å²) in [6.07, 6.45) is 4.39. The second-order valence-electron chi connectivity index (χ2n) is 6.37. The quantitative estimate of drug-likeness (QED) is 0.550. The molecule has 0 amide bonds. The van der Waals surface area contributed by atoms with Gasteiger partial charge < -0.3 is 15.5 Å². The summed E-state index contributed by atoms with van der Waals surface area (Å²) in [6.45, 7) is 8.28. The lowest BCUT2D eigenvalue weighted by Crippen LogP contribution is -2.48. The summed E-state index contributed by atoms with van der Waals surface area (Å²) >= 11 is 0. The number of aliphatic imine (C=N–C) groups is 1. The average Bonchev–Trinajstić information content (AvgIpc) is 2.53. The first kappa shape index (κ1) is 19.4. The molecule has 6 heteroatoms. The fraction of sp³-hybridized carbons (Fsp3) is 0.938. The molecule has 1 aliphatic carbocycles. The lowest BCUT2D eigenvalue weighted by Gasteiger charge is -2.30. The summed E-state index contributed by atoms with van der Waals surface area (Å²) in [4.78, 5) is 6.62. The van der Waals surface area contributed by atoms with Crippen LogP contribution >= 0.6 is 0 Å². The zero-order valence-corrected chi connectivity index (χ0v) is 15.7. The molecule has 0 aromatic rings. The van der Waals surface area contributed by atoms with Gasteiger partial charge in [0.2, 0.25) is 0 Å². The highest BCUT2D eigenvalue weighted by atomic mass is 32.2. The van der Waals surface area contributed by atoms with Gasteiger partial charge >= 0.3 is 0 Å². The Balaban J connectivity index is 2.37. The van der Waals surface area contributed by atoms with E-state index >= 15 is 0 Å². The number of guanidine groups is 1. The van der Waals surface area contributed by atoms with Crippen molar-refractivity contribution in [2.45, 2.75) is 63.8 Å². The van der Waals surface area contributed by atoms with Crippen LogP contribution in [0.1, 0.15) is 46.5 Å². The van der Waals surface area contributed by atoms with Gasteiger partial charge in [0, 0.05) is 54.0 Å². The Labute approximate surface area is 138 Å². The molecule has 1 rings (SSSR count). The zero-order valence-electron chi connectivity index (χ0n) is 14.9. The number of hydrogen-bond acceptors (Lipinski definition) is 3. The molecular weight excluding hydrogens is 296 g/mol. The maximum absolute atomic E-state index is 12.0. The predicted octanol–water partition coefficient (Wildman–Crippen LogP) is 1.57. The molecule has 0 aromatic carbocycles. The molecule has 1 fully saturated rings. The Bertz CT molecular complexity index is 373. The summed E-state index contributed by atoms with van der Waals surface area (Å²) in [5, 5.41) is 7.23. The van der Waals surface area contributed by atoms with Gasteiger partial charge in [-0.2, -0.15) is 0 Å². The normalized spacial score (nSPS) is 24.6. The van der Waals surface area contributed by atoms with Crippen molar-refractivity contribution < 1.29 is 4.21 Å². The van der Waals surface area contributed by atoms with Crippen molar-refractivity contribution in [3.05, 3.63) is 0 Å². The van der Waals surface area contributed by atoms with Crippen LogP contribution in [0.4, 0.5) is 0 Å². The van der Waals surface area contributed by atoms with Crippen molar-refractivity contribution in [1.82, 2.24) is 15.5 Å². The van der Waals surface area contributed by atoms with Crippen molar-refractivity contribution in [3.8, 4) is 0 Å². The molecule has 1 saturated carbocycles. The molecule has 3 atom stereocenters. The van der Waals surface area contributed by atoms with Crippen molar-refractivity contribution in [3.63, 3.8) is 0 Å². The van der Waals surface area contributed by atoms with Crippen LogP contribution in [0.2, 0.25) is 0 Å². The summed E-state index contributed by atoms with van der Waals surface area (Å²) in [7, 11) is 3.27. The molecule has 3 unspecified atom stereocenters. The highest BCUT2D eigenvalue weighted by molar-refractivity contribution is 7.85. The summed E-state index contributed by atoms with van der Waals surface area (Å²) in [5.74, 6) is 1.64. The average molecular weight is 331 g/mol. The third kappa shape index (κ3) is 6.65. The van der Waals surface area contributed by atoms with Crippen molar-refractivity contribution in [2.75, 3.05) is 32.9 Å². The number of rotatable bonds is 7. The third-order valence-electron chi connectivity index (χ3n) is 4.49. The molecule has 1 aliphatic rings. The van der Waals surface area contributed by atoms with Crippen LogP contribution in [0, 0.1) is 0 Å². The van der Waals surface area contributed by atoms with E-state index in [9.17, 15) is 4.21 Å². The summed E-state index contributed by atoms with van der Waals surface area (Å²) in [6, 6.07) is 0.947. The molecule has 0 heterocycles. The summed E-state index contributed by atoms with van der Waals surface area (Å²) in [5.41, 5.74) is 0. The molecule has 5 nitrogen and oxygen atoms in total. The van der Waals surface area contributed by atoms with Crippen LogP contribution in [-0.2, 0) is 10.8 Å². The fourth-order valence-corrected chi connectivity index (χ4v) is 4.10. The number of nitrogens with one attached hydrogen (secondary N) is 2. The first-order chi connectivity index (χ1) is 10.5. The highest BCUT2D eigenvalue weighted by Crippen LogP contribution is 2.22. The smallest absolute Gasteiger partial charge is 0.191 e. The van der Waals surface area contributed by atoms with E-state index in [4.69, 9.17) is 0 Å². The lowest BCUT2D eigenvalue weighted by molar-refractivity contribution is 0.277. The Hall–Kier alpha value is -0.620. The first-order valence-corrected chi connectivity index (χ1v) is 9.90. The van der Waals surface area contributed by atoms with Crippen molar-refractivity contribution >= 4 is 16.8 Å². The summed E-state index contributed by atoms with van der Waals surface area (Å²) < 4.78 is 12.0. The first-order valence-electron chi connectivity index (χ1n) is 8.52. The van der Waals surface area contributed by atoms with Crippen LogP contribution in [0.3, 0.4) is 0 Å². The molecule has 0 aliphatic heterocycles. The topological polar surface area (TPSA) is 56.7 Å². The minimum absolute atomic E-state index is 0.349. The van der Waals surface area contributed by atoms with Gasteiger partial charge in [-0.1, -0.05) is 13.3 Å². The van der Waals surface area contributed by atoms with Gasteiger partial charge in [0.1, 0.15) is 0 Å². The van der Waals surface area contributed by atoms with E-state index in [1.54, 1.807) is 0 Å². The van der Waals surface area contributed by atoms with Gasteiger partial charge in [-0.25, -0.2) is 0 Å². The van der Waals surface area contributed by atoms with Gasteiger partial charge in [0.15, 0.2) is 5.96 Å². The molecule has 2 N–H and O–H groups in total. The van der Waals surface area contributed by atoms with E-state index in [2.05, 4.69) is 41.4 Å². The standard InChI is InChI=1S/C16H34N4OS/c1-6-22(21)15-9-7-8-14(12-15)19-16(17-4)18-10-11-20(5)13(2)3/h13-15H,6-12H2,1-5H3,(H2,17,18,19). The van der Waals surface area contributed by atoms with Crippen molar-refractivity contribution in [2.24, 2.45) is 4.99 Å². The molecule has 130 valence electrons. The largest absolute Gasteiger partial charge is 0.355 e. The van der Waals surface area contributed by atoms with Crippen LogP contribution in [0.25, 0.3) is 0 Å². The fourth-order valence-electron chi connectivity index (χ4n) is 2.75. The van der Waals surface area contributed by atoms with Gasteiger partial charge in [0.25, 0.3) is 0 Å². The number of nitrogens with zero attached hydrogens (tertiary/aromatic N) is 2. The Morgan fingerprint density at radius 1 is 1.41 bits per heavy atom. The van der Waals surface area contributed by atoms with Crippen LogP contribution in [0.15, 0.2) is 4.99 Å². The highest BCUT2D eigenvalue weighted by Gasteiger charge is 2.25. The van der Waals surface area contributed by atoms with Crippen molar-refractivity contribution in [1.29, 1.82) is 0 Å². The molecule has 0 aromatic heterocycles. The number of hydrogen-bond donors (Lipinski definition) is 2. The Morgan fingerprint density at radius 2 is 2.14 bits per heavy atom. The van der Waals surface area contributed by atoms with E-state index in [0.29, 0.717) is 17.3 Å². The molecule has 0 spiro atoms. The van der Waals surface area contributed by atoms with E-state index in [1.807, 2.05) is 14.0 Å². The second-order valence-corrected chi connectivity index (χ2v) is 8.38. The van der Waals surface area contributed by atoms with E-state index in [0.717, 1.165) is 50.5 Å². The van der Waals surface area contributed by atoms with Gasteiger partial charge in [-0.05, 0) is 40.2 Å². The lowest BCUT2D eigenvalue weighted by atomic mass is 9.95. The minimum Gasteiger partial charge on any atom is -0.355 e. The Morgan fingerprint density at radius 3 is 2.73 bits per heavy atom. The SMILES string of the molecule is CCS(=O)C1CCCC(NC(=NC)NCCN(C)C(C)C)C1. The molecule has 0 saturated heterocycles. The van der Waals surface area contributed by atoms with E-state index in [-0.39, 0.29) is 0 Å². The second kappa shape index (κ2) is 10.2. The van der Waals surface area contributed by atoms with Crippen LogP contribution in [-0.4, -0.2) is 65.3 Å². The predicted molar refractivity (Wildman–Crippen MR) is 97.0 cm³/mol. The van der Waals surface area contributed by atoms with Gasteiger partial charge in [-0.15, -0.1) is 0 Å².